The Bertz CT molecular complexity index is 1470. The van der Waals surface area contributed by atoms with E-state index in [2.05, 4.69) is 14.6 Å². The molecule has 3 aromatic carbocycles. The van der Waals surface area contributed by atoms with E-state index < -0.39 is 10.2 Å². The number of nitrogens with one attached hydrogen (secondary N) is 2. The molecule has 1 aliphatic rings. The maximum absolute atomic E-state index is 13.1. The number of aromatic amines is 1. The van der Waals surface area contributed by atoms with Crippen molar-refractivity contribution in [3.63, 3.8) is 0 Å². The molecule has 0 saturated carbocycles. The number of piperazine rings is 1. The number of hydrogen-bond donors (Lipinski definition) is 2. The Morgan fingerprint density at radius 3 is 2.37 bits per heavy atom. The Morgan fingerprint density at radius 1 is 0.947 bits per heavy atom. The van der Waals surface area contributed by atoms with Gasteiger partial charge < -0.3 is 14.6 Å². The van der Waals surface area contributed by atoms with E-state index in [1.165, 1.54) is 4.31 Å². The molecule has 0 spiro atoms. The molecule has 1 fully saturated rings. The molecule has 1 aliphatic heterocycles. The van der Waals surface area contributed by atoms with Gasteiger partial charge in [0.15, 0.2) is 0 Å². The number of halogens is 1. The van der Waals surface area contributed by atoms with Gasteiger partial charge in [-0.2, -0.15) is 12.7 Å². The highest BCUT2D eigenvalue weighted by molar-refractivity contribution is 7.87. The fraction of sp³-hybridized carbons (Fsp3) is 0.250. The molecule has 1 saturated heterocycles. The van der Waals surface area contributed by atoms with Crippen molar-refractivity contribution in [2.24, 2.45) is 0 Å². The van der Waals surface area contributed by atoms with Gasteiger partial charge in [0.25, 0.3) is 10.2 Å². The first-order valence-corrected chi connectivity index (χ1v) is 14.3. The van der Waals surface area contributed by atoms with Crippen LogP contribution >= 0.6 is 11.6 Å². The van der Waals surface area contributed by atoms with Crippen molar-refractivity contribution in [2.75, 3.05) is 44.7 Å². The molecule has 0 atom stereocenters. The van der Waals surface area contributed by atoms with E-state index in [1.54, 1.807) is 7.11 Å². The van der Waals surface area contributed by atoms with Gasteiger partial charge in [-0.1, -0.05) is 48.0 Å². The molecule has 2 N–H and O–H groups in total. The molecule has 0 radical (unpaired) electrons. The maximum Gasteiger partial charge on any atom is 0.279 e. The van der Waals surface area contributed by atoms with Crippen molar-refractivity contribution in [3.8, 4) is 28.4 Å². The zero-order chi connectivity index (χ0) is 26.5. The summed E-state index contributed by atoms with van der Waals surface area (Å²) in [4.78, 5) is 10.4. The summed E-state index contributed by atoms with van der Waals surface area (Å²) in [5.41, 5.74) is 4.58. The smallest absolute Gasteiger partial charge is 0.279 e. The first kappa shape index (κ1) is 26.2. The number of H-pyrrole nitrogens is 1. The van der Waals surface area contributed by atoms with E-state index in [4.69, 9.17) is 21.3 Å². The Morgan fingerprint density at radius 2 is 1.68 bits per heavy atom. The minimum absolute atomic E-state index is 0.235. The minimum atomic E-state index is -3.62. The molecule has 4 aromatic rings. The molecular weight excluding hydrogens is 522 g/mol. The lowest BCUT2D eigenvalue weighted by Gasteiger charge is -2.35. The summed E-state index contributed by atoms with van der Waals surface area (Å²) in [7, 11) is -1.99. The van der Waals surface area contributed by atoms with Gasteiger partial charge in [0.2, 0.25) is 0 Å². The largest absolute Gasteiger partial charge is 0.497 e. The van der Waals surface area contributed by atoms with Crippen molar-refractivity contribution in [3.05, 3.63) is 89.6 Å². The summed E-state index contributed by atoms with van der Waals surface area (Å²) in [6.45, 7) is 2.24. The Hall–Kier alpha value is -3.37. The standard InChI is InChI=1S/C28H30ClN5O3S/c1-37-25-12-10-21(11-13-25)27-26(31-28(32-27)22-6-3-2-4-7-22)14-15-30-38(35,36)34-18-16-33(17-19-34)24-9-5-8-23(29)20-24/h2-13,20,30H,14-19H2,1H3,(H,31,32). The number of imidazole rings is 1. The van der Waals surface area contributed by atoms with Crippen LogP contribution in [0.1, 0.15) is 5.69 Å². The van der Waals surface area contributed by atoms with Gasteiger partial charge in [-0.3, -0.25) is 0 Å². The predicted octanol–water partition coefficient (Wildman–Crippen LogP) is 4.60. The average molecular weight is 552 g/mol. The molecule has 8 nitrogen and oxygen atoms in total. The number of benzene rings is 3. The first-order valence-electron chi connectivity index (χ1n) is 12.5. The van der Waals surface area contributed by atoms with E-state index in [9.17, 15) is 8.42 Å². The number of anilines is 1. The van der Waals surface area contributed by atoms with Crippen molar-refractivity contribution < 1.29 is 13.2 Å². The van der Waals surface area contributed by atoms with E-state index in [0.717, 1.165) is 39.8 Å². The number of nitrogens with zero attached hydrogens (tertiary/aromatic N) is 3. The minimum Gasteiger partial charge on any atom is -0.497 e. The Kier molecular flexibility index (Phi) is 7.99. The lowest BCUT2D eigenvalue weighted by atomic mass is 10.1. The molecule has 10 heteroatoms. The number of hydrogen-bond acceptors (Lipinski definition) is 5. The molecule has 1 aromatic heterocycles. The normalized spacial score (nSPS) is 14.5. The van der Waals surface area contributed by atoms with Gasteiger partial charge >= 0.3 is 0 Å². The van der Waals surface area contributed by atoms with Crippen LogP contribution in [0.25, 0.3) is 22.6 Å². The molecule has 5 rings (SSSR count). The van der Waals surface area contributed by atoms with Gasteiger partial charge in [0, 0.05) is 61.0 Å². The molecule has 38 heavy (non-hydrogen) atoms. The van der Waals surface area contributed by atoms with Crippen LogP contribution in [-0.4, -0.2) is 62.5 Å². The van der Waals surface area contributed by atoms with Crippen molar-refractivity contribution >= 4 is 27.5 Å². The zero-order valence-corrected chi connectivity index (χ0v) is 22.7. The number of methoxy groups -OCH3 is 1. The summed E-state index contributed by atoms with van der Waals surface area (Å²) >= 11 is 6.12. The third-order valence-corrected chi connectivity index (χ3v) is 8.45. The highest BCUT2D eigenvalue weighted by Gasteiger charge is 2.27. The summed E-state index contributed by atoms with van der Waals surface area (Å²) in [5.74, 6) is 1.51. The first-order chi connectivity index (χ1) is 18.4. The Labute approximate surface area is 228 Å². The topological polar surface area (TPSA) is 90.6 Å². The highest BCUT2D eigenvalue weighted by Crippen LogP contribution is 2.28. The number of aromatic nitrogens is 2. The van der Waals surface area contributed by atoms with Gasteiger partial charge in [-0.05, 0) is 42.5 Å². The number of ether oxygens (including phenoxy) is 1. The molecule has 2 heterocycles. The van der Waals surface area contributed by atoms with Crippen LogP contribution in [0.15, 0.2) is 78.9 Å². The van der Waals surface area contributed by atoms with Gasteiger partial charge in [-0.15, -0.1) is 0 Å². The second-order valence-corrected chi connectivity index (χ2v) is 11.2. The van der Waals surface area contributed by atoms with Crippen LogP contribution < -0.4 is 14.4 Å². The molecule has 0 aliphatic carbocycles. The second kappa shape index (κ2) is 11.6. The Balaban J connectivity index is 1.26. The molecule has 0 unspecified atom stereocenters. The summed E-state index contributed by atoms with van der Waals surface area (Å²) in [6, 6.07) is 25.2. The SMILES string of the molecule is COc1ccc(-c2[nH]c(-c3ccccc3)nc2CCNS(=O)(=O)N2CCN(c3cccc(Cl)c3)CC2)cc1. The summed E-state index contributed by atoms with van der Waals surface area (Å²) < 4.78 is 35.7. The molecule has 0 amide bonds. The lowest BCUT2D eigenvalue weighted by Crippen LogP contribution is -2.52. The van der Waals surface area contributed by atoms with E-state index in [-0.39, 0.29) is 6.54 Å². The van der Waals surface area contributed by atoms with Gasteiger partial charge in [-0.25, -0.2) is 9.71 Å². The van der Waals surface area contributed by atoms with Crippen LogP contribution in [0.3, 0.4) is 0 Å². The van der Waals surface area contributed by atoms with Gasteiger partial charge in [0.1, 0.15) is 11.6 Å². The zero-order valence-electron chi connectivity index (χ0n) is 21.1. The van der Waals surface area contributed by atoms with Crippen LogP contribution in [0.5, 0.6) is 5.75 Å². The van der Waals surface area contributed by atoms with Crippen LogP contribution in [0.4, 0.5) is 5.69 Å². The van der Waals surface area contributed by atoms with Crippen molar-refractivity contribution in [2.45, 2.75) is 6.42 Å². The van der Waals surface area contributed by atoms with Crippen LogP contribution in [-0.2, 0) is 16.6 Å². The fourth-order valence-electron chi connectivity index (χ4n) is 4.57. The maximum atomic E-state index is 13.1. The average Bonchev–Trinajstić information content (AvgIpc) is 3.38. The van der Waals surface area contributed by atoms with Crippen molar-refractivity contribution in [1.82, 2.24) is 19.0 Å². The monoisotopic (exact) mass is 551 g/mol. The fourth-order valence-corrected chi connectivity index (χ4v) is 5.94. The third-order valence-electron chi connectivity index (χ3n) is 6.60. The third kappa shape index (κ3) is 6.02. The van der Waals surface area contributed by atoms with Crippen LogP contribution in [0.2, 0.25) is 5.02 Å². The summed E-state index contributed by atoms with van der Waals surface area (Å²) in [6.07, 6.45) is 0.437. The van der Waals surface area contributed by atoms with E-state index in [1.807, 2.05) is 78.9 Å². The lowest BCUT2D eigenvalue weighted by molar-refractivity contribution is 0.378. The molecular formula is C28H30ClN5O3S. The van der Waals surface area contributed by atoms with Gasteiger partial charge in [0.05, 0.1) is 18.5 Å². The second-order valence-electron chi connectivity index (χ2n) is 9.02. The number of rotatable bonds is 9. The van der Waals surface area contributed by atoms with Crippen LogP contribution in [0, 0.1) is 0 Å². The predicted molar refractivity (Wildman–Crippen MR) is 152 cm³/mol. The quantitative estimate of drug-likeness (QED) is 0.317. The molecule has 198 valence electrons. The highest BCUT2D eigenvalue weighted by atomic mass is 35.5. The molecule has 0 bridgehead atoms. The van der Waals surface area contributed by atoms with E-state index >= 15 is 0 Å². The van der Waals surface area contributed by atoms with Crippen molar-refractivity contribution in [1.29, 1.82) is 0 Å². The summed E-state index contributed by atoms with van der Waals surface area (Å²) in [5, 5.41) is 0.669. The van der Waals surface area contributed by atoms with E-state index in [0.29, 0.717) is 37.6 Å².